The molecule has 0 aliphatic carbocycles. The van der Waals surface area contributed by atoms with Crippen molar-refractivity contribution in [1.82, 2.24) is 14.9 Å². The number of nitrogens with zero attached hydrogens (tertiary/aromatic N) is 2. The Kier molecular flexibility index (Phi) is 4.87. The van der Waals surface area contributed by atoms with Crippen LogP contribution in [0.2, 0.25) is 0 Å². The highest BCUT2D eigenvalue weighted by atomic mass is 19.1. The number of alkyl carbamates (subject to hydrolysis) is 1. The van der Waals surface area contributed by atoms with Crippen LogP contribution in [0.3, 0.4) is 0 Å². The zero-order valence-corrected chi connectivity index (χ0v) is 15.6. The summed E-state index contributed by atoms with van der Waals surface area (Å²) >= 11 is 0. The molecule has 0 unspecified atom stereocenters. The number of benzene rings is 2. The van der Waals surface area contributed by atoms with Crippen molar-refractivity contribution >= 4 is 17.1 Å². The van der Waals surface area contributed by atoms with Gasteiger partial charge >= 0.3 is 6.09 Å². The molecule has 1 N–H and O–H groups in total. The van der Waals surface area contributed by atoms with Crippen LogP contribution in [-0.2, 0) is 4.74 Å². The van der Waals surface area contributed by atoms with Crippen LogP contribution in [0, 0.1) is 11.6 Å². The molecular formula is C20H21F2N3O2. The summed E-state index contributed by atoms with van der Waals surface area (Å²) in [7, 11) is 0. The smallest absolute Gasteiger partial charge is 0.408 e. The molecule has 3 rings (SSSR count). The number of aromatic nitrogens is 2. The number of imidazole rings is 1. The van der Waals surface area contributed by atoms with Crippen molar-refractivity contribution in [1.29, 1.82) is 0 Å². The molecular weight excluding hydrogens is 352 g/mol. The minimum Gasteiger partial charge on any atom is -0.444 e. The Bertz CT molecular complexity index is 993. The maximum Gasteiger partial charge on any atom is 0.408 e. The van der Waals surface area contributed by atoms with E-state index < -0.39 is 29.4 Å². The average molecular weight is 373 g/mol. The second-order valence-electron chi connectivity index (χ2n) is 7.29. The van der Waals surface area contributed by atoms with Crippen LogP contribution in [0.5, 0.6) is 0 Å². The van der Waals surface area contributed by atoms with Gasteiger partial charge in [0.05, 0.1) is 22.8 Å². The molecule has 1 heterocycles. The Morgan fingerprint density at radius 1 is 1.15 bits per heavy atom. The van der Waals surface area contributed by atoms with Crippen LogP contribution in [0.15, 0.2) is 42.5 Å². The lowest BCUT2D eigenvalue weighted by Crippen LogP contribution is -2.34. The molecule has 0 fully saturated rings. The summed E-state index contributed by atoms with van der Waals surface area (Å²) in [6.45, 7) is 7.03. The van der Waals surface area contributed by atoms with E-state index in [0.29, 0.717) is 22.5 Å². The fraction of sp³-hybridized carbons (Fsp3) is 0.300. The molecule has 1 aromatic heterocycles. The van der Waals surface area contributed by atoms with E-state index in [2.05, 4.69) is 10.3 Å². The first-order chi connectivity index (χ1) is 12.6. The normalized spacial score (nSPS) is 12.8. The highest BCUT2D eigenvalue weighted by molar-refractivity contribution is 5.79. The summed E-state index contributed by atoms with van der Waals surface area (Å²) in [4.78, 5) is 16.6. The predicted molar refractivity (Wildman–Crippen MR) is 98.8 cm³/mol. The third-order valence-electron chi connectivity index (χ3n) is 3.83. The fourth-order valence-electron chi connectivity index (χ4n) is 2.79. The zero-order chi connectivity index (χ0) is 19.8. The number of carbonyl (C=O) groups excluding carboxylic acids is 1. The minimum absolute atomic E-state index is 0.426. The lowest BCUT2D eigenvalue weighted by atomic mass is 10.2. The minimum atomic E-state index is -0.643. The van der Waals surface area contributed by atoms with Crippen LogP contribution in [0.1, 0.15) is 39.6 Å². The molecule has 1 amide bonds. The number of hydrogen-bond donors (Lipinski definition) is 1. The number of carbonyl (C=O) groups is 1. The van der Waals surface area contributed by atoms with Crippen LogP contribution in [0.25, 0.3) is 16.7 Å². The average Bonchev–Trinajstić information content (AvgIpc) is 2.91. The van der Waals surface area contributed by atoms with E-state index in [4.69, 9.17) is 4.74 Å². The van der Waals surface area contributed by atoms with Crippen molar-refractivity contribution in [3.05, 3.63) is 59.9 Å². The number of halogens is 2. The van der Waals surface area contributed by atoms with E-state index in [1.807, 2.05) is 0 Å². The predicted octanol–water partition coefficient (Wildman–Crippen LogP) is 4.89. The zero-order valence-electron chi connectivity index (χ0n) is 15.6. The van der Waals surface area contributed by atoms with Crippen LogP contribution in [-0.4, -0.2) is 21.2 Å². The molecule has 0 saturated heterocycles. The van der Waals surface area contributed by atoms with E-state index >= 15 is 0 Å². The molecule has 0 aliphatic heterocycles. The summed E-state index contributed by atoms with van der Waals surface area (Å²) in [6, 6.07) is 9.53. The molecule has 0 saturated carbocycles. The summed E-state index contributed by atoms with van der Waals surface area (Å²) in [6.07, 6.45) is -0.598. The summed E-state index contributed by atoms with van der Waals surface area (Å²) in [5, 5.41) is 2.72. The third kappa shape index (κ3) is 4.24. The van der Waals surface area contributed by atoms with Gasteiger partial charge in [-0.1, -0.05) is 6.07 Å². The first kappa shape index (κ1) is 18.8. The van der Waals surface area contributed by atoms with Gasteiger partial charge in [0.2, 0.25) is 0 Å². The Morgan fingerprint density at radius 3 is 2.52 bits per heavy atom. The second-order valence-corrected chi connectivity index (χ2v) is 7.29. The molecule has 142 valence electrons. The topological polar surface area (TPSA) is 56.1 Å². The maximum atomic E-state index is 13.8. The number of fused-ring (bicyclic) bond motifs is 1. The largest absolute Gasteiger partial charge is 0.444 e. The van der Waals surface area contributed by atoms with Crippen molar-refractivity contribution in [3.8, 4) is 5.69 Å². The number of amides is 1. The molecule has 0 bridgehead atoms. The molecule has 0 spiro atoms. The molecule has 3 aromatic rings. The van der Waals surface area contributed by atoms with Gasteiger partial charge in [0.25, 0.3) is 0 Å². The monoisotopic (exact) mass is 373 g/mol. The van der Waals surface area contributed by atoms with Crippen LogP contribution < -0.4 is 5.32 Å². The standard InChI is InChI=1S/C20H21F2N3O2/c1-12(23-19(26)27-20(2,3)4)18-24-16-9-8-14(22)11-17(16)25(18)15-7-5-6-13(21)10-15/h5-12H,1-4H3,(H,23,26)/t12-/m0/s1. The number of rotatable bonds is 3. The first-order valence-electron chi connectivity index (χ1n) is 8.57. The van der Waals surface area contributed by atoms with Crippen molar-refractivity contribution in [3.63, 3.8) is 0 Å². The van der Waals surface area contributed by atoms with E-state index in [9.17, 15) is 13.6 Å². The van der Waals surface area contributed by atoms with Gasteiger partial charge in [-0.3, -0.25) is 4.57 Å². The molecule has 7 heteroatoms. The lowest BCUT2D eigenvalue weighted by Gasteiger charge is -2.22. The first-order valence-corrected chi connectivity index (χ1v) is 8.57. The molecule has 27 heavy (non-hydrogen) atoms. The van der Waals surface area contributed by atoms with Crippen molar-refractivity contribution in [2.75, 3.05) is 0 Å². The van der Waals surface area contributed by atoms with Gasteiger partial charge in [-0.05, 0) is 58.0 Å². The fourth-order valence-corrected chi connectivity index (χ4v) is 2.79. The van der Waals surface area contributed by atoms with Gasteiger partial charge in [0, 0.05) is 6.07 Å². The van der Waals surface area contributed by atoms with E-state index in [1.165, 1.54) is 24.3 Å². The molecule has 2 aromatic carbocycles. The SMILES string of the molecule is C[C@H](NC(=O)OC(C)(C)C)c1nc2ccc(F)cc2n1-c1cccc(F)c1. The van der Waals surface area contributed by atoms with Crippen molar-refractivity contribution < 1.29 is 18.3 Å². The molecule has 1 atom stereocenters. The second kappa shape index (κ2) is 6.98. The summed E-state index contributed by atoms with van der Waals surface area (Å²) in [5.41, 5.74) is 0.855. The maximum absolute atomic E-state index is 13.8. The number of ether oxygens (including phenoxy) is 1. The highest BCUT2D eigenvalue weighted by Gasteiger charge is 2.23. The van der Waals surface area contributed by atoms with Crippen molar-refractivity contribution in [2.24, 2.45) is 0 Å². The molecule has 5 nitrogen and oxygen atoms in total. The lowest BCUT2D eigenvalue weighted by molar-refractivity contribution is 0.0505. The van der Waals surface area contributed by atoms with E-state index in [-0.39, 0.29) is 0 Å². The molecule has 0 aliphatic rings. The van der Waals surface area contributed by atoms with Crippen LogP contribution >= 0.6 is 0 Å². The quantitative estimate of drug-likeness (QED) is 0.711. The Labute approximate surface area is 156 Å². The van der Waals surface area contributed by atoms with Crippen LogP contribution in [0.4, 0.5) is 13.6 Å². The Balaban J connectivity index is 2.07. The van der Waals surface area contributed by atoms with Crippen molar-refractivity contribution in [2.45, 2.75) is 39.3 Å². The van der Waals surface area contributed by atoms with Gasteiger partial charge in [0.15, 0.2) is 0 Å². The van der Waals surface area contributed by atoms with E-state index in [0.717, 1.165) is 0 Å². The number of nitrogens with one attached hydrogen (secondary N) is 1. The molecule has 0 radical (unpaired) electrons. The number of hydrogen-bond acceptors (Lipinski definition) is 3. The van der Waals surface area contributed by atoms with Gasteiger partial charge in [-0.25, -0.2) is 18.6 Å². The van der Waals surface area contributed by atoms with E-state index in [1.54, 1.807) is 50.5 Å². The summed E-state index contributed by atoms with van der Waals surface area (Å²) < 4.78 is 34.5. The Hall–Kier alpha value is -2.96. The third-order valence-corrected chi connectivity index (χ3v) is 3.83. The van der Waals surface area contributed by atoms with Gasteiger partial charge in [0.1, 0.15) is 23.1 Å². The van der Waals surface area contributed by atoms with Gasteiger partial charge < -0.3 is 10.1 Å². The summed E-state index contributed by atoms with van der Waals surface area (Å²) in [5.74, 6) is -0.420. The van der Waals surface area contributed by atoms with Gasteiger partial charge in [-0.15, -0.1) is 0 Å². The van der Waals surface area contributed by atoms with Gasteiger partial charge in [-0.2, -0.15) is 0 Å². The Morgan fingerprint density at radius 2 is 1.85 bits per heavy atom. The highest BCUT2D eigenvalue weighted by Crippen LogP contribution is 2.26.